The highest BCUT2D eigenvalue weighted by atomic mass is 35.5. The van der Waals surface area contributed by atoms with Gasteiger partial charge in [-0.25, -0.2) is 4.98 Å². The van der Waals surface area contributed by atoms with Crippen LogP contribution < -0.4 is 10.9 Å². The number of anilines is 1. The van der Waals surface area contributed by atoms with Crippen molar-refractivity contribution in [2.45, 2.75) is 20.4 Å². The summed E-state index contributed by atoms with van der Waals surface area (Å²) in [7, 11) is 0. The molecule has 3 rings (SSSR count). The summed E-state index contributed by atoms with van der Waals surface area (Å²) in [5.74, 6) is -0.464. The summed E-state index contributed by atoms with van der Waals surface area (Å²) in [6, 6.07) is 11.4. The number of halogens is 1. The van der Waals surface area contributed by atoms with Gasteiger partial charge in [-0.05, 0) is 50.2 Å². The van der Waals surface area contributed by atoms with Crippen molar-refractivity contribution >= 4 is 40.1 Å². The number of fused-ring (bicyclic) bond motifs is 1. The summed E-state index contributed by atoms with van der Waals surface area (Å²) in [4.78, 5) is 41.4. The number of aromatic nitrogens is 2. The number of ether oxygens (including phenoxy) is 1. The number of hydrogen-bond donors (Lipinski definition) is 1. The minimum atomic E-state index is -0.515. The SMILES string of the molecule is CCOC(=O)Cn1c(C)nc2ccc(NC(=O)c3cccc(Cl)c3)cc2c1=O. The van der Waals surface area contributed by atoms with Crippen LogP contribution in [0.4, 0.5) is 5.69 Å². The Bertz CT molecular complexity index is 1120. The molecule has 2 aromatic carbocycles. The maximum absolute atomic E-state index is 12.8. The number of aryl methyl sites for hydroxylation is 1. The molecule has 0 aliphatic rings. The van der Waals surface area contributed by atoms with Gasteiger partial charge < -0.3 is 10.1 Å². The lowest BCUT2D eigenvalue weighted by Crippen LogP contribution is -2.28. The average Bonchev–Trinajstić information content (AvgIpc) is 2.66. The number of carbonyl (C=O) groups is 2. The van der Waals surface area contributed by atoms with Crippen LogP contribution in [0, 0.1) is 6.92 Å². The van der Waals surface area contributed by atoms with Crippen LogP contribution in [-0.2, 0) is 16.1 Å². The van der Waals surface area contributed by atoms with Crippen molar-refractivity contribution in [2.24, 2.45) is 0 Å². The Labute approximate surface area is 165 Å². The third-order valence-corrected chi connectivity index (χ3v) is 4.32. The number of hydrogen-bond acceptors (Lipinski definition) is 5. The van der Waals surface area contributed by atoms with E-state index in [0.717, 1.165) is 0 Å². The van der Waals surface area contributed by atoms with Gasteiger partial charge in [-0.1, -0.05) is 17.7 Å². The molecular weight excluding hydrogens is 382 g/mol. The highest BCUT2D eigenvalue weighted by Crippen LogP contribution is 2.17. The van der Waals surface area contributed by atoms with Crippen LogP contribution >= 0.6 is 11.6 Å². The molecule has 0 aliphatic carbocycles. The van der Waals surface area contributed by atoms with E-state index in [1.807, 2.05) is 0 Å². The first-order valence-electron chi connectivity index (χ1n) is 8.62. The van der Waals surface area contributed by atoms with Crippen LogP contribution in [0.1, 0.15) is 23.1 Å². The zero-order valence-electron chi connectivity index (χ0n) is 15.4. The first-order chi connectivity index (χ1) is 13.4. The lowest BCUT2D eigenvalue weighted by Gasteiger charge is -2.11. The van der Waals surface area contributed by atoms with Gasteiger partial charge in [0, 0.05) is 16.3 Å². The molecule has 1 amide bonds. The van der Waals surface area contributed by atoms with Crippen molar-refractivity contribution in [3.63, 3.8) is 0 Å². The van der Waals surface area contributed by atoms with Crippen molar-refractivity contribution in [3.8, 4) is 0 Å². The van der Waals surface area contributed by atoms with E-state index < -0.39 is 5.97 Å². The van der Waals surface area contributed by atoms with Gasteiger partial charge >= 0.3 is 5.97 Å². The van der Waals surface area contributed by atoms with E-state index >= 15 is 0 Å². The standard InChI is InChI=1S/C20H18ClN3O4/c1-3-28-18(25)11-24-12(2)22-17-8-7-15(10-16(17)20(24)27)23-19(26)13-5-4-6-14(21)9-13/h4-10H,3,11H2,1-2H3,(H,23,26). The largest absolute Gasteiger partial charge is 0.465 e. The van der Waals surface area contributed by atoms with Crippen molar-refractivity contribution in [3.05, 3.63) is 69.2 Å². The Kier molecular flexibility index (Phi) is 5.75. The molecular formula is C20H18ClN3O4. The van der Waals surface area contributed by atoms with E-state index in [9.17, 15) is 14.4 Å². The summed E-state index contributed by atoms with van der Waals surface area (Å²) in [6.45, 7) is 3.35. The van der Waals surface area contributed by atoms with Gasteiger partial charge in [0.05, 0.1) is 17.5 Å². The molecule has 0 unspecified atom stereocenters. The molecule has 28 heavy (non-hydrogen) atoms. The van der Waals surface area contributed by atoms with E-state index in [1.165, 1.54) is 10.6 Å². The Morgan fingerprint density at radius 3 is 2.71 bits per heavy atom. The van der Waals surface area contributed by atoms with Gasteiger partial charge in [0.15, 0.2) is 0 Å². The molecule has 0 radical (unpaired) electrons. The quantitative estimate of drug-likeness (QED) is 0.665. The summed E-state index contributed by atoms with van der Waals surface area (Å²) in [5.41, 5.74) is 0.926. The van der Waals surface area contributed by atoms with Gasteiger partial charge in [0.2, 0.25) is 0 Å². The van der Waals surface area contributed by atoms with Gasteiger partial charge in [0.25, 0.3) is 11.5 Å². The molecule has 7 nitrogen and oxygen atoms in total. The van der Waals surface area contributed by atoms with Crippen molar-refractivity contribution in [1.82, 2.24) is 9.55 Å². The molecule has 0 saturated carbocycles. The van der Waals surface area contributed by atoms with E-state index in [4.69, 9.17) is 16.3 Å². The molecule has 1 aromatic heterocycles. The highest BCUT2D eigenvalue weighted by Gasteiger charge is 2.14. The second-order valence-corrected chi connectivity index (χ2v) is 6.49. The lowest BCUT2D eigenvalue weighted by atomic mass is 10.2. The molecule has 0 bridgehead atoms. The van der Waals surface area contributed by atoms with E-state index in [-0.39, 0.29) is 24.6 Å². The molecule has 0 fully saturated rings. The summed E-state index contributed by atoms with van der Waals surface area (Å²) >= 11 is 5.92. The van der Waals surface area contributed by atoms with Gasteiger partial charge in [-0.15, -0.1) is 0 Å². The molecule has 0 atom stereocenters. The normalized spacial score (nSPS) is 10.7. The molecule has 1 N–H and O–H groups in total. The molecule has 0 saturated heterocycles. The monoisotopic (exact) mass is 399 g/mol. The third-order valence-electron chi connectivity index (χ3n) is 4.08. The predicted octanol–water partition coefficient (Wildman–Crippen LogP) is 3.17. The van der Waals surface area contributed by atoms with Crippen LogP contribution in [0.3, 0.4) is 0 Å². The second-order valence-electron chi connectivity index (χ2n) is 6.05. The molecule has 0 spiro atoms. The second kappa shape index (κ2) is 8.22. The number of carbonyl (C=O) groups excluding carboxylic acids is 2. The number of nitrogens with zero attached hydrogens (tertiary/aromatic N) is 2. The van der Waals surface area contributed by atoms with Crippen LogP contribution in [0.2, 0.25) is 5.02 Å². The maximum atomic E-state index is 12.8. The zero-order valence-corrected chi connectivity index (χ0v) is 16.1. The van der Waals surface area contributed by atoms with Crippen LogP contribution in [0.5, 0.6) is 0 Å². The average molecular weight is 400 g/mol. The topological polar surface area (TPSA) is 90.3 Å². The molecule has 8 heteroatoms. The molecule has 0 aliphatic heterocycles. The molecule has 144 valence electrons. The zero-order chi connectivity index (χ0) is 20.3. The Balaban J connectivity index is 1.94. The predicted molar refractivity (Wildman–Crippen MR) is 107 cm³/mol. The fourth-order valence-corrected chi connectivity index (χ4v) is 2.95. The fraction of sp³-hybridized carbons (Fsp3) is 0.200. The minimum Gasteiger partial charge on any atom is -0.465 e. The Morgan fingerprint density at radius 2 is 2.00 bits per heavy atom. The van der Waals surface area contributed by atoms with Gasteiger partial charge in [-0.3, -0.25) is 19.0 Å². The minimum absolute atomic E-state index is 0.222. The first kappa shape index (κ1) is 19.6. The third kappa shape index (κ3) is 4.20. The maximum Gasteiger partial charge on any atom is 0.326 e. The number of amides is 1. The first-order valence-corrected chi connectivity index (χ1v) is 9.00. The van der Waals surface area contributed by atoms with Gasteiger partial charge in [-0.2, -0.15) is 0 Å². The Morgan fingerprint density at radius 1 is 1.21 bits per heavy atom. The van der Waals surface area contributed by atoms with Crippen molar-refractivity contribution in [1.29, 1.82) is 0 Å². The molecule has 3 aromatic rings. The highest BCUT2D eigenvalue weighted by molar-refractivity contribution is 6.31. The Hall–Kier alpha value is -3.19. The smallest absolute Gasteiger partial charge is 0.326 e. The van der Waals surface area contributed by atoms with Crippen molar-refractivity contribution < 1.29 is 14.3 Å². The lowest BCUT2D eigenvalue weighted by molar-refractivity contribution is -0.143. The number of rotatable bonds is 5. The van der Waals surface area contributed by atoms with E-state index in [2.05, 4.69) is 10.3 Å². The molecule has 1 heterocycles. The van der Waals surface area contributed by atoms with Crippen LogP contribution in [0.25, 0.3) is 10.9 Å². The van der Waals surface area contributed by atoms with E-state index in [0.29, 0.717) is 33.0 Å². The summed E-state index contributed by atoms with van der Waals surface area (Å²) < 4.78 is 6.16. The van der Waals surface area contributed by atoms with Gasteiger partial charge in [0.1, 0.15) is 12.4 Å². The fourth-order valence-electron chi connectivity index (χ4n) is 2.76. The van der Waals surface area contributed by atoms with Crippen LogP contribution in [0.15, 0.2) is 47.3 Å². The summed E-state index contributed by atoms with van der Waals surface area (Å²) in [6.07, 6.45) is 0. The summed E-state index contributed by atoms with van der Waals surface area (Å²) in [5, 5.41) is 3.48. The number of nitrogens with one attached hydrogen (secondary N) is 1. The number of esters is 1. The van der Waals surface area contributed by atoms with Crippen LogP contribution in [-0.4, -0.2) is 28.0 Å². The van der Waals surface area contributed by atoms with E-state index in [1.54, 1.807) is 50.2 Å². The number of benzene rings is 2. The van der Waals surface area contributed by atoms with Crippen molar-refractivity contribution in [2.75, 3.05) is 11.9 Å².